The van der Waals surface area contributed by atoms with E-state index in [9.17, 15) is 4.79 Å². The fourth-order valence-electron chi connectivity index (χ4n) is 4.88. The lowest BCUT2D eigenvalue weighted by atomic mass is 9.73. The highest BCUT2D eigenvalue weighted by molar-refractivity contribution is 5.92. The molecule has 30 heavy (non-hydrogen) atoms. The third-order valence-corrected chi connectivity index (χ3v) is 6.40. The summed E-state index contributed by atoms with van der Waals surface area (Å²) in [6.07, 6.45) is 10.9. The number of carbonyl (C=O) groups is 1. The van der Waals surface area contributed by atoms with Crippen LogP contribution in [-0.2, 0) is 4.79 Å². The molecule has 0 atom stereocenters. The molecule has 0 spiro atoms. The van der Waals surface area contributed by atoms with Crippen molar-refractivity contribution in [2.75, 3.05) is 11.9 Å². The predicted octanol–water partition coefficient (Wildman–Crippen LogP) is 2.62. The highest BCUT2D eigenvalue weighted by Gasteiger charge is 2.48. The maximum absolute atomic E-state index is 12.1. The Morgan fingerprint density at radius 2 is 2.17 bits per heavy atom. The lowest BCUT2D eigenvalue weighted by Gasteiger charge is -2.51. The summed E-state index contributed by atoms with van der Waals surface area (Å²) in [7, 11) is 0. The summed E-state index contributed by atoms with van der Waals surface area (Å²) in [5, 5.41) is 8.54. The average Bonchev–Trinajstić information content (AvgIpc) is 3.44. The minimum Gasteiger partial charge on any atom is -0.351 e. The zero-order chi connectivity index (χ0) is 20.3. The monoisotopic (exact) mass is 402 g/mol. The first-order chi connectivity index (χ1) is 14.6. The molecule has 1 aliphatic carbocycles. The number of nitrogens with zero attached hydrogens (tertiary/aromatic N) is 6. The molecule has 1 saturated heterocycles. The van der Waals surface area contributed by atoms with Crippen molar-refractivity contribution in [2.24, 2.45) is 0 Å². The van der Waals surface area contributed by atoms with E-state index in [0.29, 0.717) is 12.4 Å². The molecule has 2 aliphatic rings. The van der Waals surface area contributed by atoms with Gasteiger partial charge in [0.25, 0.3) is 0 Å². The van der Waals surface area contributed by atoms with Crippen molar-refractivity contribution in [3.8, 4) is 11.3 Å². The lowest BCUT2D eigenvalue weighted by molar-refractivity contribution is -0.136. The van der Waals surface area contributed by atoms with Crippen LogP contribution in [0.1, 0.15) is 32.6 Å². The predicted molar refractivity (Wildman–Crippen MR) is 112 cm³/mol. The minimum atomic E-state index is -0.0348. The van der Waals surface area contributed by atoms with Gasteiger partial charge in [0.05, 0.1) is 11.9 Å². The van der Waals surface area contributed by atoms with Crippen LogP contribution in [0.5, 0.6) is 0 Å². The van der Waals surface area contributed by atoms with E-state index in [4.69, 9.17) is 0 Å². The summed E-state index contributed by atoms with van der Waals surface area (Å²) in [4.78, 5) is 31.2. The first-order valence-electron chi connectivity index (χ1n) is 10.3. The average molecular weight is 402 g/mol. The van der Waals surface area contributed by atoms with Crippen molar-refractivity contribution >= 4 is 28.5 Å². The first-order valence-corrected chi connectivity index (χ1v) is 10.3. The zero-order valence-corrected chi connectivity index (χ0v) is 16.7. The SMILES string of the molecule is C[C@]1(N2CCCC2=O)C[C@H](Nc2ncc3c(-c4ccn5nccc5n4)c[nH]c3n2)C1. The van der Waals surface area contributed by atoms with E-state index in [1.165, 1.54) is 0 Å². The van der Waals surface area contributed by atoms with Crippen LogP contribution in [0.25, 0.3) is 27.9 Å². The van der Waals surface area contributed by atoms with Gasteiger partial charge in [-0.05, 0) is 32.3 Å². The van der Waals surface area contributed by atoms with E-state index >= 15 is 0 Å². The molecule has 2 N–H and O–H groups in total. The summed E-state index contributed by atoms with van der Waals surface area (Å²) in [5.74, 6) is 0.894. The molecule has 6 rings (SSSR count). The summed E-state index contributed by atoms with van der Waals surface area (Å²) in [6.45, 7) is 3.06. The Bertz CT molecular complexity index is 1270. The Labute approximate surface area is 172 Å². The van der Waals surface area contributed by atoms with E-state index in [2.05, 4.69) is 42.2 Å². The molecule has 1 amide bonds. The quantitative estimate of drug-likeness (QED) is 0.544. The smallest absolute Gasteiger partial charge is 0.224 e. The number of aromatic nitrogens is 6. The number of likely N-dealkylation sites (tertiary alicyclic amines) is 1. The van der Waals surface area contributed by atoms with E-state index in [1.54, 1.807) is 10.7 Å². The molecule has 2 fully saturated rings. The molecule has 5 heterocycles. The molecule has 9 heteroatoms. The van der Waals surface area contributed by atoms with Crippen molar-refractivity contribution in [3.05, 3.63) is 36.9 Å². The van der Waals surface area contributed by atoms with Crippen LogP contribution < -0.4 is 5.32 Å². The van der Waals surface area contributed by atoms with E-state index in [-0.39, 0.29) is 17.5 Å². The zero-order valence-electron chi connectivity index (χ0n) is 16.7. The highest BCUT2D eigenvalue weighted by atomic mass is 16.2. The third-order valence-electron chi connectivity index (χ3n) is 6.40. The second-order valence-electron chi connectivity index (χ2n) is 8.50. The van der Waals surface area contributed by atoms with Gasteiger partial charge < -0.3 is 15.2 Å². The maximum Gasteiger partial charge on any atom is 0.224 e. The summed E-state index contributed by atoms with van der Waals surface area (Å²) in [6, 6.07) is 4.09. The van der Waals surface area contributed by atoms with E-state index < -0.39 is 0 Å². The number of nitrogens with one attached hydrogen (secondary N) is 2. The van der Waals surface area contributed by atoms with Crippen LogP contribution in [0.15, 0.2) is 36.9 Å². The number of aromatic amines is 1. The summed E-state index contributed by atoms with van der Waals surface area (Å²) in [5.41, 5.74) is 3.35. The molecule has 0 radical (unpaired) electrons. The van der Waals surface area contributed by atoms with Gasteiger partial charge in [-0.2, -0.15) is 10.1 Å². The minimum absolute atomic E-state index is 0.0348. The maximum atomic E-state index is 12.1. The molecule has 0 unspecified atom stereocenters. The van der Waals surface area contributed by atoms with Gasteiger partial charge in [0.15, 0.2) is 5.65 Å². The van der Waals surface area contributed by atoms with Crippen LogP contribution in [0, 0.1) is 0 Å². The number of H-pyrrole nitrogens is 1. The Hall–Kier alpha value is -3.49. The number of fused-ring (bicyclic) bond motifs is 2. The topological polar surface area (TPSA) is 104 Å². The summed E-state index contributed by atoms with van der Waals surface area (Å²) >= 11 is 0. The lowest BCUT2D eigenvalue weighted by Crippen LogP contribution is -2.59. The Morgan fingerprint density at radius 3 is 3.00 bits per heavy atom. The van der Waals surface area contributed by atoms with Crippen LogP contribution in [-0.4, -0.2) is 58.5 Å². The third kappa shape index (κ3) is 2.65. The van der Waals surface area contributed by atoms with Gasteiger partial charge in [-0.3, -0.25) is 4.79 Å². The van der Waals surface area contributed by atoms with Crippen molar-refractivity contribution < 1.29 is 4.79 Å². The standard InChI is InChI=1S/C21H22N8O/c1-21(28-7-2-3-18(28)30)9-13(10-21)25-20-23-12-15-14(11-22-19(15)27-20)16-5-8-29-17(26-16)4-6-24-29/h4-6,8,11-13H,2-3,7,9-10H2,1H3,(H2,22,23,25,27)/t13-,21-. The Morgan fingerprint density at radius 1 is 1.27 bits per heavy atom. The Balaban J connectivity index is 1.20. The molecule has 1 aliphatic heterocycles. The molecule has 0 bridgehead atoms. The van der Waals surface area contributed by atoms with Gasteiger partial charge in [0, 0.05) is 60.2 Å². The fourth-order valence-corrected chi connectivity index (χ4v) is 4.88. The number of hydrogen-bond donors (Lipinski definition) is 2. The fraction of sp³-hybridized carbons (Fsp3) is 0.381. The molecule has 9 nitrogen and oxygen atoms in total. The molecule has 4 aromatic heterocycles. The van der Waals surface area contributed by atoms with Gasteiger partial charge in [0.1, 0.15) is 5.65 Å². The highest BCUT2D eigenvalue weighted by Crippen LogP contribution is 2.41. The van der Waals surface area contributed by atoms with Gasteiger partial charge in [-0.15, -0.1) is 0 Å². The number of carbonyl (C=O) groups excluding carboxylic acids is 1. The van der Waals surface area contributed by atoms with Crippen molar-refractivity contribution in [2.45, 2.75) is 44.2 Å². The number of rotatable bonds is 4. The van der Waals surface area contributed by atoms with Gasteiger partial charge in [-0.1, -0.05) is 0 Å². The molecule has 152 valence electrons. The van der Waals surface area contributed by atoms with Crippen molar-refractivity contribution in [3.63, 3.8) is 0 Å². The summed E-state index contributed by atoms with van der Waals surface area (Å²) < 4.78 is 1.74. The normalized spacial score (nSPS) is 24.0. The number of anilines is 1. The van der Waals surface area contributed by atoms with E-state index in [0.717, 1.165) is 53.7 Å². The number of amides is 1. The first kappa shape index (κ1) is 17.4. The molecular formula is C21H22N8O. The van der Waals surface area contributed by atoms with Crippen molar-refractivity contribution in [1.29, 1.82) is 0 Å². The Kier molecular flexibility index (Phi) is 3.62. The van der Waals surface area contributed by atoms with Crippen LogP contribution in [0.3, 0.4) is 0 Å². The van der Waals surface area contributed by atoms with Crippen LogP contribution >= 0.6 is 0 Å². The van der Waals surface area contributed by atoms with Gasteiger partial charge >= 0.3 is 0 Å². The van der Waals surface area contributed by atoms with Gasteiger partial charge in [-0.25, -0.2) is 14.5 Å². The molecule has 4 aromatic rings. The van der Waals surface area contributed by atoms with Crippen molar-refractivity contribution in [1.82, 2.24) is 34.4 Å². The second kappa shape index (κ2) is 6.25. The van der Waals surface area contributed by atoms with Crippen LogP contribution in [0.2, 0.25) is 0 Å². The van der Waals surface area contributed by atoms with E-state index in [1.807, 2.05) is 30.7 Å². The van der Waals surface area contributed by atoms with Crippen LogP contribution in [0.4, 0.5) is 5.95 Å². The largest absolute Gasteiger partial charge is 0.351 e. The second-order valence-corrected chi connectivity index (χ2v) is 8.50. The molecule has 0 aromatic carbocycles. The molecular weight excluding hydrogens is 380 g/mol. The molecule has 1 saturated carbocycles. The van der Waals surface area contributed by atoms with Gasteiger partial charge in [0.2, 0.25) is 11.9 Å². The number of hydrogen-bond acceptors (Lipinski definition) is 6.